The Morgan fingerprint density at radius 3 is 2.90 bits per heavy atom. The second-order valence-electron chi connectivity index (χ2n) is 5.63. The van der Waals surface area contributed by atoms with Crippen molar-refractivity contribution in [2.75, 3.05) is 32.4 Å². The van der Waals surface area contributed by atoms with Crippen LogP contribution in [-0.2, 0) is 6.54 Å². The van der Waals surface area contributed by atoms with Crippen molar-refractivity contribution in [2.24, 2.45) is 4.99 Å². The molecule has 1 aliphatic heterocycles. The first-order valence-corrected chi connectivity index (χ1v) is 8.16. The van der Waals surface area contributed by atoms with Gasteiger partial charge < -0.3 is 10.2 Å². The molecule has 1 N–H and O–H groups in total. The van der Waals surface area contributed by atoms with Crippen molar-refractivity contribution in [2.45, 2.75) is 31.6 Å². The quantitative estimate of drug-likeness (QED) is 0.350. The van der Waals surface area contributed by atoms with Crippen LogP contribution in [0.25, 0.3) is 0 Å². The number of halogens is 1. The number of nitrogens with one attached hydrogen (secondary N) is 1. The number of hydrogen-bond donors (Lipinski definition) is 1. The zero-order chi connectivity index (χ0) is 14.4. The molecule has 2 rings (SSSR count). The van der Waals surface area contributed by atoms with Crippen LogP contribution in [0.1, 0.15) is 20.3 Å². The van der Waals surface area contributed by atoms with Gasteiger partial charge in [-0.05, 0) is 26.3 Å². The fraction of sp³-hybridized carbons (Fsp3) is 0.714. The largest absolute Gasteiger partial charge is 0.356 e. The molecule has 0 unspecified atom stereocenters. The molecule has 0 aromatic carbocycles. The van der Waals surface area contributed by atoms with Gasteiger partial charge in [0.1, 0.15) is 0 Å². The Morgan fingerprint density at radius 2 is 2.29 bits per heavy atom. The van der Waals surface area contributed by atoms with Crippen LogP contribution in [0.4, 0.5) is 0 Å². The third-order valence-corrected chi connectivity index (χ3v) is 4.64. The molecule has 1 saturated heterocycles. The maximum Gasteiger partial charge on any atom is 0.193 e. The molecule has 7 heteroatoms. The van der Waals surface area contributed by atoms with Crippen molar-refractivity contribution >= 4 is 41.7 Å². The number of aromatic nitrogens is 2. The Morgan fingerprint density at radius 1 is 1.48 bits per heavy atom. The Kier molecular flexibility index (Phi) is 7.86. The number of rotatable bonds is 4. The number of aryl methyl sites for hydroxylation is 1. The van der Waals surface area contributed by atoms with Gasteiger partial charge in [-0.25, -0.2) is 0 Å². The van der Waals surface area contributed by atoms with Crippen molar-refractivity contribution in [3.63, 3.8) is 0 Å². The summed E-state index contributed by atoms with van der Waals surface area (Å²) < 4.78 is 2.27. The first-order valence-electron chi connectivity index (χ1n) is 7.18. The summed E-state index contributed by atoms with van der Waals surface area (Å²) in [5.41, 5.74) is 0. The molecule has 1 aliphatic rings. The van der Waals surface area contributed by atoms with E-state index in [0.29, 0.717) is 4.75 Å². The van der Waals surface area contributed by atoms with Gasteiger partial charge in [-0.1, -0.05) is 0 Å². The second kappa shape index (κ2) is 8.87. The van der Waals surface area contributed by atoms with E-state index in [-0.39, 0.29) is 24.0 Å². The van der Waals surface area contributed by atoms with E-state index in [4.69, 9.17) is 0 Å². The van der Waals surface area contributed by atoms with Crippen molar-refractivity contribution in [1.82, 2.24) is 20.0 Å². The van der Waals surface area contributed by atoms with Gasteiger partial charge in [0.2, 0.25) is 0 Å². The summed E-state index contributed by atoms with van der Waals surface area (Å²) in [6.07, 6.45) is 4.87. The average molecular weight is 423 g/mol. The number of nitrogens with zero attached hydrogens (tertiary/aromatic N) is 4. The average Bonchev–Trinajstić information content (AvgIpc) is 2.91. The van der Waals surface area contributed by atoms with E-state index in [9.17, 15) is 0 Å². The van der Waals surface area contributed by atoms with E-state index in [2.05, 4.69) is 34.2 Å². The minimum Gasteiger partial charge on any atom is -0.356 e. The normalized spacial score (nSPS) is 18.2. The van der Waals surface area contributed by atoms with E-state index in [1.165, 1.54) is 5.75 Å². The number of hydrogen-bond acceptors (Lipinski definition) is 3. The molecule has 0 bridgehead atoms. The second-order valence-corrected chi connectivity index (χ2v) is 7.43. The van der Waals surface area contributed by atoms with Crippen LogP contribution in [-0.4, -0.2) is 57.8 Å². The topological polar surface area (TPSA) is 45.5 Å². The van der Waals surface area contributed by atoms with Gasteiger partial charge in [0.05, 0.1) is 0 Å². The van der Waals surface area contributed by atoms with Crippen molar-refractivity contribution < 1.29 is 0 Å². The van der Waals surface area contributed by atoms with Gasteiger partial charge in [-0.3, -0.25) is 9.67 Å². The molecule has 2 heterocycles. The maximum atomic E-state index is 4.41. The van der Waals surface area contributed by atoms with E-state index in [1.807, 2.05) is 42.0 Å². The van der Waals surface area contributed by atoms with Crippen LogP contribution in [0.2, 0.25) is 0 Å². The lowest BCUT2D eigenvalue weighted by atomic mass is 10.2. The first kappa shape index (κ1) is 18.6. The van der Waals surface area contributed by atoms with Crippen LogP contribution >= 0.6 is 35.7 Å². The summed E-state index contributed by atoms with van der Waals surface area (Å²) in [6.45, 7) is 8.60. The van der Waals surface area contributed by atoms with Gasteiger partial charge >= 0.3 is 0 Å². The molecule has 0 saturated carbocycles. The minimum absolute atomic E-state index is 0. The summed E-state index contributed by atoms with van der Waals surface area (Å²) in [6, 6.07) is 1.96. The molecular weight excluding hydrogens is 397 g/mol. The van der Waals surface area contributed by atoms with Crippen molar-refractivity contribution in [3.8, 4) is 0 Å². The van der Waals surface area contributed by atoms with Gasteiger partial charge in [0.25, 0.3) is 0 Å². The molecule has 0 radical (unpaired) electrons. The summed E-state index contributed by atoms with van der Waals surface area (Å²) in [5, 5.41) is 7.67. The Labute approximate surface area is 149 Å². The Balaban J connectivity index is 0.00000220. The molecule has 0 spiro atoms. The van der Waals surface area contributed by atoms with E-state index in [0.717, 1.165) is 38.6 Å². The third kappa shape index (κ3) is 6.06. The molecule has 1 aromatic heterocycles. The molecular formula is C14H26IN5S. The van der Waals surface area contributed by atoms with E-state index in [1.54, 1.807) is 0 Å². The SMILES string of the molecule is CN=C(NCCCn1cccn1)N1CCSC(C)(C)C1.I. The highest BCUT2D eigenvalue weighted by Gasteiger charge is 2.28. The summed E-state index contributed by atoms with van der Waals surface area (Å²) in [5.74, 6) is 2.19. The fourth-order valence-corrected chi connectivity index (χ4v) is 3.51. The summed E-state index contributed by atoms with van der Waals surface area (Å²) in [7, 11) is 1.87. The monoisotopic (exact) mass is 423 g/mol. The van der Waals surface area contributed by atoms with Crippen molar-refractivity contribution in [1.29, 1.82) is 0 Å². The first-order chi connectivity index (χ1) is 9.61. The molecule has 5 nitrogen and oxygen atoms in total. The summed E-state index contributed by atoms with van der Waals surface area (Å²) >= 11 is 2.04. The highest BCUT2D eigenvalue weighted by Crippen LogP contribution is 2.29. The van der Waals surface area contributed by atoms with E-state index < -0.39 is 0 Å². The highest BCUT2D eigenvalue weighted by molar-refractivity contribution is 14.0. The Bertz CT molecular complexity index is 433. The lowest BCUT2D eigenvalue weighted by Gasteiger charge is -2.39. The van der Waals surface area contributed by atoms with Crippen LogP contribution in [0.5, 0.6) is 0 Å². The van der Waals surface area contributed by atoms with Crippen LogP contribution in [0.3, 0.4) is 0 Å². The predicted octanol–water partition coefficient (Wildman–Crippen LogP) is 2.29. The van der Waals surface area contributed by atoms with Crippen molar-refractivity contribution in [3.05, 3.63) is 18.5 Å². The van der Waals surface area contributed by atoms with Gasteiger partial charge in [0, 0.05) is 56.1 Å². The highest BCUT2D eigenvalue weighted by atomic mass is 127. The smallest absolute Gasteiger partial charge is 0.193 e. The van der Waals surface area contributed by atoms with Crippen LogP contribution in [0, 0.1) is 0 Å². The number of thioether (sulfide) groups is 1. The number of aliphatic imine (C=N–C) groups is 1. The predicted molar refractivity (Wildman–Crippen MR) is 102 cm³/mol. The fourth-order valence-electron chi connectivity index (χ4n) is 2.40. The van der Waals surface area contributed by atoms with Crippen LogP contribution in [0.15, 0.2) is 23.5 Å². The van der Waals surface area contributed by atoms with Crippen LogP contribution < -0.4 is 5.32 Å². The number of guanidine groups is 1. The molecule has 120 valence electrons. The lowest BCUT2D eigenvalue weighted by Crippen LogP contribution is -2.51. The molecule has 21 heavy (non-hydrogen) atoms. The van der Waals surface area contributed by atoms with E-state index >= 15 is 0 Å². The molecule has 1 fully saturated rings. The molecule has 0 aliphatic carbocycles. The summed E-state index contributed by atoms with van der Waals surface area (Å²) in [4.78, 5) is 6.78. The molecule has 0 atom stereocenters. The third-order valence-electron chi connectivity index (χ3n) is 3.34. The standard InChI is InChI=1S/C14H25N5S.HI/c1-14(2)12-18(10-11-20-14)13(15-3)16-6-4-8-19-9-5-7-17-19;/h5,7,9H,4,6,8,10-12H2,1-3H3,(H,15,16);1H. The zero-order valence-corrected chi connectivity index (χ0v) is 16.2. The minimum atomic E-state index is 0. The lowest BCUT2D eigenvalue weighted by molar-refractivity contribution is 0.375. The van der Waals surface area contributed by atoms with Gasteiger partial charge in [0.15, 0.2) is 5.96 Å². The van der Waals surface area contributed by atoms with Gasteiger partial charge in [-0.2, -0.15) is 16.9 Å². The van der Waals surface area contributed by atoms with Gasteiger partial charge in [-0.15, -0.1) is 24.0 Å². The zero-order valence-electron chi connectivity index (χ0n) is 13.1. The maximum absolute atomic E-state index is 4.41. The Hall–Kier alpha value is -0.440. The molecule has 1 aromatic rings. The molecule has 0 amide bonds.